The lowest BCUT2D eigenvalue weighted by Crippen LogP contribution is -2.54. The van der Waals surface area contributed by atoms with Crippen LogP contribution in [0.5, 0.6) is 23.0 Å². The molecule has 0 amide bonds. The number of rotatable bonds is 14. The summed E-state index contributed by atoms with van der Waals surface area (Å²) in [5.74, 6) is -8.20. The number of ether oxygens (including phenoxy) is 6. The first-order valence-corrected chi connectivity index (χ1v) is 15.1. The first kappa shape index (κ1) is 52.3. The van der Waals surface area contributed by atoms with Gasteiger partial charge in [0, 0.05) is 24.3 Å². The van der Waals surface area contributed by atoms with Crippen LogP contribution in [-0.2, 0) is 24.5 Å². The fourth-order valence-corrected chi connectivity index (χ4v) is 4.78. The molecule has 0 heterocycles. The van der Waals surface area contributed by atoms with E-state index < -0.39 is 101 Å². The van der Waals surface area contributed by atoms with Crippen molar-refractivity contribution in [3.8, 4) is 23.0 Å². The van der Waals surface area contributed by atoms with E-state index in [0.29, 0.717) is 48.5 Å². The highest BCUT2D eigenvalue weighted by Crippen LogP contribution is 2.56. The summed E-state index contributed by atoms with van der Waals surface area (Å²) < 4.78 is 146. The standard InChI is InChI=1S/C37H24F8O10.4CH4/c1-3-31(46)52-19-50-25-13-15-27(29(38)17-25)33(48)54-23-9-5-21(6-10-23)35(36(40,41)42,37(43,44)45)22-7-11-24(12-8-22)55-34(49)28-16-14-26(18-30(28)39)51-20-53-32(47)4-2;;;;/h3-18H,1-2,19-20H2;4*1H4. The smallest absolute Gasteiger partial charge is 0.411 e. The molecule has 0 saturated carbocycles. The summed E-state index contributed by atoms with van der Waals surface area (Å²) in [5, 5.41) is 0. The zero-order chi connectivity index (χ0) is 40.6. The van der Waals surface area contributed by atoms with E-state index >= 15 is 0 Å². The zero-order valence-electron chi connectivity index (χ0n) is 27.7. The Morgan fingerprint density at radius 3 is 1.08 bits per heavy atom. The number of benzene rings is 4. The highest BCUT2D eigenvalue weighted by molar-refractivity contribution is 5.92. The van der Waals surface area contributed by atoms with E-state index in [1.54, 1.807) is 0 Å². The molecule has 10 nitrogen and oxygen atoms in total. The van der Waals surface area contributed by atoms with Crippen LogP contribution in [0.15, 0.2) is 110 Å². The van der Waals surface area contributed by atoms with Gasteiger partial charge in [-0.1, -0.05) is 67.1 Å². The Morgan fingerprint density at radius 1 is 0.508 bits per heavy atom. The van der Waals surface area contributed by atoms with E-state index in [0.717, 1.165) is 48.6 Å². The molecule has 4 aromatic carbocycles. The fraction of sp³-hybridized carbons (Fsp3) is 0.220. The lowest BCUT2D eigenvalue weighted by atomic mass is 9.73. The maximum atomic E-state index is 14.7. The monoisotopic (exact) mass is 844 g/mol. The molecule has 0 atom stereocenters. The molecule has 59 heavy (non-hydrogen) atoms. The molecule has 0 aromatic heterocycles. The van der Waals surface area contributed by atoms with Crippen LogP contribution in [0.4, 0.5) is 35.1 Å². The molecule has 0 aliphatic carbocycles. The Balaban J connectivity index is 0.00000841. The normalized spacial score (nSPS) is 10.7. The lowest BCUT2D eigenvalue weighted by Gasteiger charge is -2.38. The minimum absolute atomic E-state index is 0. The number of hydrogen-bond acceptors (Lipinski definition) is 10. The van der Waals surface area contributed by atoms with Crippen LogP contribution in [0.2, 0.25) is 0 Å². The largest absolute Gasteiger partial charge is 0.457 e. The van der Waals surface area contributed by atoms with Gasteiger partial charge < -0.3 is 28.4 Å². The molecule has 0 bridgehead atoms. The van der Waals surface area contributed by atoms with Gasteiger partial charge in [-0.05, 0) is 59.7 Å². The number of esters is 4. The topological polar surface area (TPSA) is 124 Å². The Bertz CT molecular complexity index is 1930. The van der Waals surface area contributed by atoms with Crippen molar-refractivity contribution < 1.29 is 82.7 Å². The van der Waals surface area contributed by atoms with E-state index in [-0.39, 0.29) is 41.2 Å². The van der Waals surface area contributed by atoms with E-state index in [1.165, 1.54) is 0 Å². The third kappa shape index (κ3) is 12.1. The van der Waals surface area contributed by atoms with Crippen LogP contribution >= 0.6 is 0 Å². The molecule has 0 aliphatic rings. The Kier molecular flexibility index (Phi) is 19.2. The van der Waals surface area contributed by atoms with E-state index in [4.69, 9.17) is 18.9 Å². The predicted molar refractivity (Wildman–Crippen MR) is 199 cm³/mol. The van der Waals surface area contributed by atoms with Crippen molar-refractivity contribution in [2.45, 2.75) is 47.5 Å². The van der Waals surface area contributed by atoms with Crippen LogP contribution in [0.1, 0.15) is 61.5 Å². The van der Waals surface area contributed by atoms with Gasteiger partial charge in [-0.3, -0.25) is 0 Å². The van der Waals surface area contributed by atoms with Gasteiger partial charge >= 0.3 is 36.2 Å². The van der Waals surface area contributed by atoms with Crippen molar-refractivity contribution in [3.05, 3.63) is 144 Å². The van der Waals surface area contributed by atoms with Gasteiger partial charge in [-0.15, -0.1) is 0 Å². The van der Waals surface area contributed by atoms with Gasteiger partial charge in [-0.25, -0.2) is 28.0 Å². The van der Waals surface area contributed by atoms with Crippen LogP contribution < -0.4 is 18.9 Å². The van der Waals surface area contributed by atoms with Gasteiger partial charge in [0.15, 0.2) is 0 Å². The summed E-state index contributed by atoms with van der Waals surface area (Å²) in [6.07, 6.45) is -10.4. The van der Waals surface area contributed by atoms with Crippen molar-refractivity contribution in [3.63, 3.8) is 0 Å². The van der Waals surface area contributed by atoms with Gasteiger partial charge in [0.2, 0.25) is 19.0 Å². The Labute approximate surface area is 334 Å². The number of carbonyl (C=O) groups is 4. The molecule has 0 fully saturated rings. The Morgan fingerprint density at radius 2 is 0.814 bits per heavy atom. The van der Waals surface area contributed by atoms with Crippen LogP contribution in [0.3, 0.4) is 0 Å². The van der Waals surface area contributed by atoms with Crippen molar-refractivity contribution >= 4 is 23.9 Å². The molecular weight excluding hydrogens is 804 g/mol. The summed E-state index contributed by atoms with van der Waals surface area (Å²) in [6, 6.07) is 9.66. The van der Waals surface area contributed by atoms with E-state index in [9.17, 15) is 54.3 Å². The first-order valence-electron chi connectivity index (χ1n) is 15.1. The van der Waals surface area contributed by atoms with Crippen LogP contribution in [-0.4, -0.2) is 49.8 Å². The molecule has 18 heteroatoms. The van der Waals surface area contributed by atoms with Crippen molar-refractivity contribution in [2.75, 3.05) is 13.6 Å². The van der Waals surface area contributed by atoms with Gasteiger partial charge in [0.25, 0.3) is 0 Å². The average Bonchev–Trinajstić information content (AvgIpc) is 3.12. The molecule has 0 unspecified atom stereocenters. The molecule has 0 spiro atoms. The van der Waals surface area contributed by atoms with Crippen molar-refractivity contribution in [1.29, 1.82) is 0 Å². The molecule has 0 N–H and O–H groups in total. The minimum atomic E-state index is -6.03. The van der Waals surface area contributed by atoms with Gasteiger partial charge in [0.1, 0.15) is 34.6 Å². The fourth-order valence-electron chi connectivity index (χ4n) is 4.78. The van der Waals surface area contributed by atoms with E-state index in [2.05, 4.69) is 22.6 Å². The van der Waals surface area contributed by atoms with Crippen molar-refractivity contribution in [2.24, 2.45) is 0 Å². The van der Waals surface area contributed by atoms with Gasteiger partial charge in [-0.2, -0.15) is 26.3 Å². The average molecular weight is 845 g/mol. The second-order valence-electron chi connectivity index (χ2n) is 10.7. The predicted octanol–water partition coefficient (Wildman–Crippen LogP) is 10.5. The minimum Gasteiger partial charge on any atom is -0.457 e. The molecule has 320 valence electrons. The number of carbonyl (C=O) groups excluding carboxylic acids is 4. The Hall–Kier alpha value is -6.72. The summed E-state index contributed by atoms with van der Waals surface area (Å²) in [4.78, 5) is 47.3. The maximum Gasteiger partial charge on any atom is 0.411 e. The maximum absolute atomic E-state index is 14.7. The van der Waals surface area contributed by atoms with Crippen LogP contribution in [0.25, 0.3) is 0 Å². The molecule has 0 aliphatic heterocycles. The quantitative estimate of drug-likeness (QED) is 0.0398. The van der Waals surface area contributed by atoms with Crippen LogP contribution in [0, 0.1) is 11.6 Å². The number of alkyl halides is 6. The third-order valence-electron chi connectivity index (χ3n) is 7.35. The second-order valence-corrected chi connectivity index (χ2v) is 10.7. The lowest BCUT2D eigenvalue weighted by molar-refractivity contribution is -0.288. The summed E-state index contributed by atoms with van der Waals surface area (Å²) in [7, 11) is 0. The van der Waals surface area contributed by atoms with Gasteiger partial charge in [0.05, 0.1) is 11.1 Å². The molecule has 0 radical (unpaired) electrons. The molecular formula is C41H40F8O10. The summed E-state index contributed by atoms with van der Waals surface area (Å²) in [5.41, 5.74) is -8.75. The molecule has 4 rings (SSSR count). The zero-order valence-corrected chi connectivity index (χ0v) is 27.7. The first-order chi connectivity index (χ1) is 25.9. The summed E-state index contributed by atoms with van der Waals surface area (Å²) in [6.45, 7) is 5.10. The second kappa shape index (κ2) is 21.7. The molecule has 0 saturated heterocycles. The molecule has 4 aromatic rings. The number of hydrogen-bond donors (Lipinski definition) is 0. The number of halogens is 8. The highest BCUT2D eigenvalue weighted by Gasteiger charge is 2.72. The third-order valence-corrected chi connectivity index (χ3v) is 7.35. The van der Waals surface area contributed by atoms with Crippen molar-refractivity contribution in [1.82, 2.24) is 0 Å². The van der Waals surface area contributed by atoms with E-state index in [1.807, 2.05) is 0 Å². The summed E-state index contributed by atoms with van der Waals surface area (Å²) >= 11 is 0. The SMILES string of the molecule is C.C.C.C.C=CC(=O)OCOc1ccc(C(=O)Oc2ccc(C(c3ccc(OC(=O)c4ccc(OCOC(=O)C=C)cc4F)cc3)(C(F)(F)F)C(F)(F)F)cc2)c(F)c1. The highest BCUT2D eigenvalue weighted by atomic mass is 19.4.